The van der Waals surface area contributed by atoms with Crippen LogP contribution in [-0.2, 0) is 0 Å². The summed E-state index contributed by atoms with van der Waals surface area (Å²) in [6.45, 7) is 10.6. The summed E-state index contributed by atoms with van der Waals surface area (Å²) in [7, 11) is 0. The van der Waals surface area contributed by atoms with E-state index in [2.05, 4.69) is 25.7 Å². The summed E-state index contributed by atoms with van der Waals surface area (Å²) >= 11 is 0. The maximum absolute atomic E-state index is 9.55. The van der Waals surface area contributed by atoms with Gasteiger partial charge in [0.25, 0.3) is 0 Å². The van der Waals surface area contributed by atoms with E-state index >= 15 is 0 Å². The smallest absolute Gasteiger partial charge is 0.0499 e. The van der Waals surface area contributed by atoms with Crippen molar-refractivity contribution in [2.45, 2.75) is 46.5 Å². The zero-order valence-electron chi connectivity index (χ0n) is 10.6. The van der Waals surface area contributed by atoms with E-state index in [1.54, 1.807) is 0 Å². The van der Waals surface area contributed by atoms with Crippen LogP contribution in [0.4, 0.5) is 0 Å². The molecule has 0 amide bonds. The Morgan fingerprint density at radius 2 is 2.00 bits per heavy atom. The summed E-state index contributed by atoms with van der Waals surface area (Å²) in [6.07, 6.45) is 4.88. The van der Waals surface area contributed by atoms with Gasteiger partial charge in [-0.2, -0.15) is 0 Å². The van der Waals surface area contributed by atoms with Gasteiger partial charge in [0.05, 0.1) is 0 Å². The van der Waals surface area contributed by atoms with Crippen LogP contribution in [0.1, 0.15) is 46.5 Å². The lowest BCUT2D eigenvalue weighted by atomic mass is 9.82. The van der Waals surface area contributed by atoms with Crippen molar-refractivity contribution in [1.82, 2.24) is 4.90 Å². The van der Waals surface area contributed by atoms with Crippen molar-refractivity contribution in [2.75, 3.05) is 26.2 Å². The molecular formula is C13H27NO. The fraction of sp³-hybridized carbons (Fsp3) is 1.00. The second-order valence-electron chi connectivity index (χ2n) is 5.35. The molecule has 1 N–H and O–H groups in total. The molecule has 1 rings (SSSR count). The molecule has 2 nitrogen and oxygen atoms in total. The third-order valence-electron chi connectivity index (χ3n) is 4.14. The molecule has 90 valence electrons. The Kier molecular flexibility index (Phi) is 5.07. The summed E-state index contributed by atoms with van der Waals surface area (Å²) in [5, 5.41) is 9.55. The fourth-order valence-electron chi connectivity index (χ4n) is 2.65. The molecule has 1 fully saturated rings. The molecule has 0 spiro atoms. The van der Waals surface area contributed by atoms with Crippen molar-refractivity contribution in [3.8, 4) is 0 Å². The molecule has 0 aromatic rings. The lowest BCUT2D eigenvalue weighted by Gasteiger charge is -2.39. The Morgan fingerprint density at radius 1 is 1.33 bits per heavy atom. The number of piperidine rings is 1. The monoisotopic (exact) mass is 213 g/mol. The summed E-state index contributed by atoms with van der Waals surface area (Å²) in [5.74, 6) is 0.837. The predicted molar refractivity (Wildman–Crippen MR) is 64.9 cm³/mol. The largest absolute Gasteiger partial charge is 0.396 e. The van der Waals surface area contributed by atoms with E-state index in [1.807, 2.05) is 0 Å². The molecule has 0 saturated carbocycles. The molecule has 1 saturated heterocycles. The van der Waals surface area contributed by atoms with Gasteiger partial charge in [-0.15, -0.1) is 0 Å². The minimum Gasteiger partial charge on any atom is -0.396 e. The first kappa shape index (κ1) is 13.0. The number of aliphatic hydroxyl groups is 1. The van der Waals surface area contributed by atoms with Crippen molar-refractivity contribution in [3.63, 3.8) is 0 Å². The minimum atomic E-state index is 0.150. The van der Waals surface area contributed by atoms with Gasteiger partial charge in [0.15, 0.2) is 0 Å². The van der Waals surface area contributed by atoms with Crippen LogP contribution >= 0.6 is 0 Å². The van der Waals surface area contributed by atoms with Crippen LogP contribution < -0.4 is 0 Å². The lowest BCUT2D eigenvalue weighted by molar-refractivity contribution is 0.0488. The lowest BCUT2D eigenvalue weighted by Crippen LogP contribution is -2.43. The number of aliphatic hydroxyl groups excluding tert-OH is 1. The molecule has 1 heterocycles. The van der Waals surface area contributed by atoms with Crippen LogP contribution in [0.25, 0.3) is 0 Å². The maximum atomic E-state index is 9.55. The molecule has 1 atom stereocenters. The highest BCUT2D eigenvalue weighted by molar-refractivity contribution is 4.82. The van der Waals surface area contributed by atoms with Gasteiger partial charge < -0.3 is 10.0 Å². The van der Waals surface area contributed by atoms with Crippen LogP contribution in [-0.4, -0.2) is 36.2 Å². The van der Waals surface area contributed by atoms with E-state index in [9.17, 15) is 5.11 Å². The number of hydrogen-bond acceptors (Lipinski definition) is 2. The molecule has 0 aromatic carbocycles. The topological polar surface area (TPSA) is 23.5 Å². The van der Waals surface area contributed by atoms with Gasteiger partial charge in [-0.25, -0.2) is 0 Å². The molecule has 1 aliphatic rings. The van der Waals surface area contributed by atoms with E-state index in [0.717, 1.165) is 25.3 Å². The Bertz CT molecular complexity index is 169. The molecule has 0 aromatic heterocycles. The first-order valence-corrected chi connectivity index (χ1v) is 6.49. The third-order valence-corrected chi connectivity index (χ3v) is 4.14. The summed E-state index contributed by atoms with van der Waals surface area (Å²) in [5.41, 5.74) is 0.150. The molecule has 15 heavy (non-hydrogen) atoms. The van der Waals surface area contributed by atoms with E-state index in [0.29, 0.717) is 6.61 Å². The Hall–Kier alpha value is -0.0800. The van der Waals surface area contributed by atoms with E-state index in [4.69, 9.17) is 0 Å². The molecule has 2 heteroatoms. The third kappa shape index (κ3) is 3.46. The predicted octanol–water partition coefficient (Wildman–Crippen LogP) is 2.52. The average molecular weight is 213 g/mol. The van der Waals surface area contributed by atoms with Crippen molar-refractivity contribution in [1.29, 1.82) is 0 Å². The van der Waals surface area contributed by atoms with Crippen LogP contribution in [0.2, 0.25) is 0 Å². The van der Waals surface area contributed by atoms with E-state index < -0.39 is 0 Å². The van der Waals surface area contributed by atoms with Crippen LogP contribution in [0, 0.1) is 11.3 Å². The molecule has 0 radical (unpaired) electrons. The normalized spacial score (nSPS) is 24.4. The van der Waals surface area contributed by atoms with Crippen LogP contribution in [0.3, 0.4) is 0 Å². The highest BCUT2D eigenvalue weighted by atomic mass is 16.3. The van der Waals surface area contributed by atoms with E-state index in [1.165, 1.54) is 25.9 Å². The average Bonchev–Trinajstić information content (AvgIpc) is 2.26. The molecule has 1 unspecified atom stereocenters. The van der Waals surface area contributed by atoms with Gasteiger partial charge in [-0.05, 0) is 38.1 Å². The molecule has 1 aliphatic heterocycles. The van der Waals surface area contributed by atoms with Crippen LogP contribution in [0.15, 0.2) is 0 Å². The van der Waals surface area contributed by atoms with Gasteiger partial charge in [0, 0.05) is 25.1 Å². The van der Waals surface area contributed by atoms with E-state index in [-0.39, 0.29) is 5.41 Å². The fourth-order valence-corrected chi connectivity index (χ4v) is 2.65. The minimum absolute atomic E-state index is 0.150. The first-order valence-electron chi connectivity index (χ1n) is 6.49. The molecular weight excluding hydrogens is 186 g/mol. The number of hydrogen-bond donors (Lipinski definition) is 1. The standard InChI is InChI=1S/C13H27NO/c1-4-13(5-2,11-15)10-14-8-6-7-12(3)9-14/h12,15H,4-11H2,1-3H3. The Labute approximate surface area is 94.7 Å². The number of rotatable bonds is 5. The summed E-state index contributed by atoms with van der Waals surface area (Å²) in [6, 6.07) is 0. The van der Waals surface area contributed by atoms with Gasteiger partial charge in [0.2, 0.25) is 0 Å². The van der Waals surface area contributed by atoms with Gasteiger partial charge in [0.1, 0.15) is 0 Å². The van der Waals surface area contributed by atoms with Crippen molar-refractivity contribution >= 4 is 0 Å². The molecule has 0 bridgehead atoms. The number of nitrogens with zero attached hydrogens (tertiary/aromatic N) is 1. The zero-order valence-corrected chi connectivity index (χ0v) is 10.6. The second kappa shape index (κ2) is 5.86. The van der Waals surface area contributed by atoms with Crippen LogP contribution in [0.5, 0.6) is 0 Å². The number of likely N-dealkylation sites (tertiary alicyclic amines) is 1. The van der Waals surface area contributed by atoms with Crippen molar-refractivity contribution in [2.24, 2.45) is 11.3 Å². The Balaban J connectivity index is 2.49. The van der Waals surface area contributed by atoms with Gasteiger partial charge >= 0.3 is 0 Å². The van der Waals surface area contributed by atoms with Crippen molar-refractivity contribution in [3.05, 3.63) is 0 Å². The summed E-state index contributed by atoms with van der Waals surface area (Å²) < 4.78 is 0. The first-order chi connectivity index (χ1) is 7.15. The highest BCUT2D eigenvalue weighted by Gasteiger charge is 2.29. The quantitative estimate of drug-likeness (QED) is 0.758. The van der Waals surface area contributed by atoms with Gasteiger partial charge in [-0.3, -0.25) is 0 Å². The summed E-state index contributed by atoms with van der Waals surface area (Å²) in [4.78, 5) is 2.55. The maximum Gasteiger partial charge on any atom is 0.0499 e. The SMILES string of the molecule is CCC(CC)(CO)CN1CCCC(C)C1. The zero-order chi connectivity index (χ0) is 11.3. The highest BCUT2D eigenvalue weighted by Crippen LogP contribution is 2.28. The second-order valence-corrected chi connectivity index (χ2v) is 5.35. The van der Waals surface area contributed by atoms with Crippen molar-refractivity contribution < 1.29 is 5.11 Å². The van der Waals surface area contributed by atoms with Gasteiger partial charge in [-0.1, -0.05) is 20.8 Å². The Morgan fingerprint density at radius 3 is 2.47 bits per heavy atom. The molecule has 0 aliphatic carbocycles.